The Bertz CT molecular complexity index is 154. The van der Waals surface area contributed by atoms with E-state index in [1.165, 1.54) is 31.3 Å². The van der Waals surface area contributed by atoms with Crippen LogP contribution in [0.25, 0.3) is 0 Å². The van der Waals surface area contributed by atoms with Crippen molar-refractivity contribution in [1.82, 2.24) is 0 Å². The Morgan fingerprint density at radius 3 is 3.00 bits per heavy atom. The summed E-state index contributed by atoms with van der Waals surface area (Å²) < 4.78 is 4.99. The predicted octanol–water partition coefficient (Wildman–Crippen LogP) is 1.85. The average Bonchev–Trinajstić information content (AvgIpc) is 2.06. The third-order valence-electron chi connectivity index (χ3n) is 2.29. The maximum Gasteiger partial charge on any atom is 0.0616 e. The summed E-state index contributed by atoms with van der Waals surface area (Å²) in [5, 5.41) is 0. The highest BCUT2D eigenvalue weighted by atomic mass is 16.5. The predicted molar refractivity (Wildman–Crippen MR) is 51.0 cm³/mol. The fourth-order valence-corrected chi connectivity index (χ4v) is 1.70. The molecule has 0 saturated heterocycles. The van der Waals surface area contributed by atoms with E-state index < -0.39 is 0 Å². The molecule has 0 spiro atoms. The molecule has 1 aliphatic rings. The van der Waals surface area contributed by atoms with Gasteiger partial charge in [-0.2, -0.15) is 0 Å². The van der Waals surface area contributed by atoms with Crippen molar-refractivity contribution >= 4 is 0 Å². The topological polar surface area (TPSA) is 35.2 Å². The van der Waals surface area contributed by atoms with E-state index in [-0.39, 0.29) is 6.04 Å². The van der Waals surface area contributed by atoms with Crippen LogP contribution in [0.2, 0.25) is 0 Å². The molecule has 0 aromatic rings. The van der Waals surface area contributed by atoms with Gasteiger partial charge in [0.2, 0.25) is 0 Å². The third kappa shape index (κ3) is 3.37. The number of rotatable bonds is 4. The lowest BCUT2D eigenvalue weighted by molar-refractivity contribution is 0.179. The van der Waals surface area contributed by atoms with E-state index in [9.17, 15) is 0 Å². The van der Waals surface area contributed by atoms with E-state index >= 15 is 0 Å². The molecule has 1 unspecified atom stereocenters. The number of methoxy groups -OCH3 is 1. The van der Waals surface area contributed by atoms with E-state index in [0.29, 0.717) is 6.61 Å². The van der Waals surface area contributed by atoms with Crippen molar-refractivity contribution in [1.29, 1.82) is 0 Å². The van der Waals surface area contributed by atoms with Crippen molar-refractivity contribution in [2.45, 2.75) is 38.1 Å². The fraction of sp³-hybridized carbons (Fsp3) is 0.800. The Morgan fingerprint density at radius 1 is 1.58 bits per heavy atom. The van der Waals surface area contributed by atoms with Crippen LogP contribution in [0.5, 0.6) is 0 Å². The molecular formula is C10H19NO. The molecular weight excluding hydrogens is 150 g/mol. The molecule has 1 aliphatic carbocycles. The average molecular weight is 169 g/mol. The smallest absolute Gasteiger partial charge is 0.0616 e. The summed E-state index contributed by atoms with van der Waals surface area (Å²) in [6.45, 7) is 0.678. The minimum atomic E-state index is 0.194. The van der Waals surface area contributed by atoms with Gasteiger partial charge in [0.1, 0.15) is 0 Å². The summed E-state index contributed by atoms with van der Waals surface area (Å²) in [6.07, 6.45) is 8.55. The van der Waals surface area contributed by atoms with E-state index in [1.54, 1.807) is 7.11 Å². The van der Waals surface area contributed by atoms with Crippen LogP contribution in [0.1, 0.15) is 32.1 Å². The van der Waals surface area contributed by atoms with Gasteiger partial charge in [0.25, 0.3) is 0 Å². The van der Waals surface area contributed by atoms with Gasteiger partial charge >= 0.3 is 0 Å². The summed E-state index contributed by atoms with van der Waals surface area (Å²) in [4.78, 5) is 0. The summed E-state index contributed by atoms with van der Waals surface area (Å²) >= 11 is 0. The Kier molecular flexibility index (Phi) is 4.33. The largest absolute Gasteiger partial charge is 0.383 e. The number of nitrogens with two attached hydrogens (primary N) is 1. The minimum absolute atomic E-state index is 0.194. The summed E-state index contributed by atoms with van der Waals surface area (Å²) in [5.74, 6) is 0. The zero-order valence-corrected chi connectivity index (χ0v) is 7.88. The first-order chi connectivity index (χ1) is 5.83. The van der Waals surface area contributed by atoms with Crippen LogP contribution in [0.3, 0.4) is 0 Å². The van der Waals surface area contributed by atoms with E-state index in [0.717, 1.165) is 6.42 Å². The molecule has 0 heterocycles. The SMILES string of the molecule is COCC(N)CC1=CCCCC1. The van der Waals surface area contributed by atoms with Crippen LogP contribution >= 0.6 is 0 Å². The Hall–Kier alpha value is -0.340. The molecule has 2 N–H and O–H groups in total. The lowest BCUT2D eigenvalue weighted by Gasteiger charge is -2.16. The highest BCUT2D eigenvalue weighted by Gasteiger charge is 2.08. The fourth-order valence-electron chi connectivity index (χ4n) is 1.70. The van der Waals surface area contributed by atoms with Gasteiger partial charge < -0.3 is 10.5 Å². The number of allylic oxidation sites excluding steroid dienone is 1. The molecule has 0 aromatic carbocycles. The molecule has 12 heavy (non-hydrogen) atoms. The highest BCUT2D eigenvalue weighted by Crippen LogP contribution is 2.20. The molecule has 0 aliphatic heterocycles. The van der Waals surface area contributed by atoms with Gasteiger partial charge in [0, 0.05) is 13.2 Å². The molecule has 0 saturated carbocycles. The number of hydrogen-bond acceptors (Lipinski definition) is 2. The molecule has 1 rings (SSSR count). The van der Waals surface area contributed by atoms with Gasteiger partial charge in [-0.1, -0.05) is 11.6 Å². The summed E-state index contributed by atoms with van der Waals surface area (Å²) in [7, 11) is 1.70. The van der Waals surface area contributed by atoms with Crippen LogP contribution < -0.4 is 5.73 Å². The van der Waals surface area contributed by atoms with E-state index in [2.05, 4.69) is 6.08 Å². The van der Waals surface area contributed by atoms with E-state index in [1.807, 2.05) is 0 Å². The molecule has 0 radical (unpaired) electrons. The Morgan fingerprint density at radius 2 is 2.42 bits per heavy atom. The lowest BCUT2D eigenvalue weighted by atomic mass is 9.95. The molecule has 2 heteroatoms. The zero-order chi connectivity index (χ0) is 8.81. The molecule has 0 fully saturated rings. The van der Waals surface area contributed by atoms with Gasteiger partial charge in [0.15, 0.2) is 0 Å². The molecule has 1 atom stereocenters. The summed E-state index contributed by atoms with van der Waals surface area (Å²) in [6, 6.07) is 0.194. The van der Waals surface area contributed by atoms with Crippen molar-refractivity contribution in [2.75, 3.05) is 13.7 Å². The quantitative estimate of drug-likeness (QED) is 0.652. The molecule has 0 aromatic heterocycles. The van der Waals surface area contributed by atoms with E-state index in [4.69, 9.17) is 10.5 Å². The Labute approximate surface area is 74.8 Å². The minimum Gasteiger partial charge on any atom is -0.383 e. The number of ether oxygens (including phenoxy) is 1. The lowest BCUT2D eigenvalue weighted by Crippen LogP contribution is -2.26. The molecule has 0 amide bonds. The van der Waals surface area contributed by atoms with Crippen molar-refractivity contribution in [2.24, 2.45) is 5.73 Å². The van der Waals surface area contributed by atoms with Crippen molar-refractivity contribution in [3.8, 4) is 0 Å². The monoisotopic (exact) mass is 169 g/mol. The maximum atomic E-state index is 5.85. The maximum absolute atomic E-state index is 5.85. The van der Waals surface area contributed by atoms with Gasteiger partial charge in [-0.3, -0.25) is 0 Å². The van der Waals surface area contributed by atoms with Crippen LogP contribution in [-0.2, 0) is 4.74 Å². The molecule has 0 bridgehead atoms. The van der Waals surface area contributed by atoms with Crippen LogP contribution in [0.15, 0.2) is 11.6 Å². The molecule has 2 nitrogen and oxygen atoms in total. The van der Waals surface area contributed by atoms with Gasteiger partial charge in [0.05, 0.1) is 6.61 Å². The summed E-state index contributed by atoms with van der Waals surface area (Å²) in [5.41, 5.74) is 7.38. The first kappa shape index (κ1) is 9.75. The van der Waals surface area contributed by atoms with Crippen LogP contribution in [0, 0.1) is 0 Å². The van der Waals surface area contributed by atoms with Gasteiger partial charge in [-0.05, 0) is 32.1 Å². The standard InChI is InChI=1S/C10H19NO/c1-12-8-10(11)7-9-5-3-2-4-6-9/h5,10H,2-4,6-8,11H2,1H3. The zero-order valence-electron chi connectivity index (χ0n) is 7.88. The van der Waals surface area contributed by atoms with Gasteiger partial charge in [-0.15, -0.1) is 0 Å². The van der Waals surface area contributed by atoms with Crippen molar-refractivity contribution in [3.63, 3.8) is 0 Å². The second-order valence-corrected chi connectivity index (χ2v) is 3.53. The van der Waals surface area contributed by atoms with Crippen molar-refractivity contribution in [3.05, 3.63) is 11.6 Å². The Balaban J connectivity index is 2.24. The second-order valence-electron chi connectivity index (χ2n) is 3.53. The van der Waals surface area contributed by atoms with Crippen LogP contribution in [-0.4, -0.2) is 19.8 Å². The molecule has 70 valence electrons. The van der Waals surface area contributed by atoms with Crippen LogP contribution in [0.4, 0.5) is 0 Å². The second kappa shape index (κ2) is 5.33. The normalized spacial score (nSPS) is 20.3. The first-order valence-electron chi connectivity index (χ1n) is 4.75. The number of hydrogen-bond donors (Lipinski definition) is 1. The first-order valence-corrected chi connectivity index (χ1v) is 4.75. The van der Waals surface area contributed by atoms with Crippen molar-refractivity contribution < 1.29 is 4.74 Å². The highest BCUT2D eigenvalue weighted by molar-refractivity contribution is 5.06. The third-order valence-corrected chi connectivity index (χ3v) is 2.29. The van der Waals surface area contributed by atoms with Gasteiger partial charge in [-0.25, -0.2) is 0 Å².